The Kier molecular flexibility index (Phi) is 5.21. The Balaban J connectivity index is 1.46. The van der Waals surface area contributed by atoms with Crippen molar-refractivity contribution in [2.45, 2.75) is 25.3 Å². The Hall–Kier alpha value is -2.99. The Morgan fingerprint density at radius 2 is 1.89 bits per heavy atom. The molecule has 1 N–H and O–H groups in total. The third kappa shape index (κ3) is 4.28. The molecule has 0 radical (unpaired) electrons. The number of carbonyl (C=O) groups excluding carboxylic acids is 1. The van der Waals surface area contributed by atoms with Crippen molar-refractivity contribution in [2.75, 3.05) is 18.9 Å². The molecule has 1 amide bonds. The minimum atomic E-state index is -0.258. The van der Waals surface area contributed by atoms with Crippen molar-refractivity contribution in [1.29, 1.82) is 0 Å². The second-order valence-corrected chi connectivity index (χ2v) is 7.29. The fourth-order valence-corrected chi connectivity index (χ4v) is 3.23. The van der Waals surface area contributed by atoms with Crippen LogP contribution < -0.4 is 5.32 Å². The van der Waals surface area contributed by atoms with Crippen LogP contribution in [-0.4, -0.2) is 34.2 Å². The quantitative estimate of drug-likeness (QED) is 0.677. The topological polar surface area (TPSA) is 50.2 Å². The van der Waals surface area contributed by atoms with Gasteiger partial charge >= 0.3 is 0 Å². The molecule has 1 aromatic heterocycles. The zero-order valence-electron chi connectivity index (χ0n) is 15.8. The van der Waals surface area contributed by atoms with Gasteiger partial charge in [0, 0.05) is 24.1 Å². The first-order valence-electron chi connectivity index (χ1n) is 9.47. The van der Waals surface area contributed by atoms with Crippen molar-refractivity contribution < 1.29 is 9.18 Å². The van der Waals surface area contributed by atoms with Gasteiger partial charge in [-0.3, -0.25) is 9.69 Å². The summed E-state index contributed by atoms with van der Waals surface area (Å²) in [6.07, 6.45) is 2.29. The highest BCUT2D eigenvalue weighted by molar-refractivity contribution is 5.91. The molecular weight excluding hydrogens is 355 g/mol. The summed E-state index contributed by atoms with van der Waals surface area (Å²) in [5, 5.41) is 7.66. The monoisotopic (exact) mass is 378 g/mol. The summed E-state index contributed by atoms with van der Waals surface area (Å²) in [6, 6.07) is 18.3. The van der Waals surface area contributed by atoms with E-state index in [1.807, 2.05) is 36.4 Å². The van der Waals surface area contributed by atoms with Gasteiger partial charge in [-0.25, -0.2) is 9.07 Å². The molecule has 0 atom stereocenters. The van der Waals surface area contributed by atoms with Crippen LogP contribution in [0.3, 0.4) is 0 Å². The standard InChI is InChI=1S/C22H23FN4O/c1-26(14-17-7-5-6-10-19(17)23)15-22(28)24-21-13-20(16-11-12-16)25-27(21)18-8-3-2-4-9-18/h2-10,13,16H,11-12,14-15H2,1H3,(H,24,28). The highest BCUT2D eigenvalue weighted by Crippen LogP contribution is 2.40. The maximum Gasteiger partial charge on any atom is 0.239 e. The van der Waals surface area contributed by atoms with Crippen LogP contribution in [-0.2, 0) is 11.3 Å². The number of para-hydroxylation sites is 1. The Morgan fingerprint density at radius 3 is 2.61 bits per heavy atom. The number of hydrogen-bond donors (Lipinski definition) is 1. The first-order chi connectivity index (χ1) is 13.6. The molecule has 1 aliphatic carbocycles. The number of nitrogens with zero attached hydrogens (tertiary/aromatic N) is 3. The lowest BCUT2D eigenvalue weighted by Gasteiger charge is -2.17. The number of rotatable bonds is 7. The van der Waals surface area contributed by atoms with Gasteiger partial charge in [-0.1, -0.05) is 36.4 Å². The van der Waals surface area contributed by atoms with Crippen molar-refractivity contribution in [1.82, 2.24) is 14.7 Å². The Labute approximate surface area is 163 Å². The molecule has 0 bridgehead atoms. The van der Waals surface area contributed by atoms with E-state index in [1.54, 1.807) is 34.8 Å². The summed E-state index contributed by atoms with van der Waals surface area (Å²) < 4.78 is 15.6. The zero-order chi connectivity index (χ0) is 19.5. The van der Waals surface area contributed by atoms with Crippen LogP contribution in [0.15, 0.2) is 60.7 Å². The molecule has 144 valence electrons. The lowest BCUT2D eigenvalue weighted by Crippen LogP contribution is -2.30. The molecule has 0 spiro atoms. The van der Waals surface area contributed by atoms with Gasteiger partial charge in [-0.2, -0.15) is 5.10 Å². The van der Waals surface area contributed by atoms with E-state index in [2.05, 4.69) is 5.32 Å². The summed E-state index contributed by atoms with van der Waals surface area (Å²) in [5.41, 5.74) is 2.49. The summed E-state index contributed by atoms with van der Waals surface area (Å²) >= 11 is 0. The van der Waals surface area contributed by atoms with E-state index in [-0.39, 0.29) is 18.3 Å². The van der Waals surface area contributed by atoms with Gasteiger partial charge in [-0.05, 0) is 38.1 Å². The van der Waals surface area contributed by atoms with E-state index in [0.717, 1.165) is 24.2 Å². The summed E-state index contributed by atoms with van der Waals surface area (Å²) in [7, 11) is 1.80. The smallest absolute Gasteiger partial charge is 0.239 e. The average molecular weight is 378 g/mol. The number of amides is 1. The van der Waals surface area contributed by atoms with Crippen LogP contribution in [0.25, 0.3) is 5.69 Å². The first-order valence-corrected chi connectivity index (χ1v) is 9.47. The normalized spacial score (nSPS) is 13.7. The molecular formula is C22H23FN4O. The summed E-state index contributed by atoms with van der Waals surface area (Å²) in [6.45, 7) is 0.526. The Morgan fingerprint density at radius 1 is 1.18 bits per heavy atom. The number of halogens is 1. The number of anilines is 1. The average Bonchev–Trinajstić information content (AvgIpc) is 3.45. The van der Waals surface area contributed by atoms with Crippen molar-refractivity contribution in [3.63, 3.8) is 0 Å². The molecule has 4 rings (SSSR count). The highest BCUT2D eigenvalue weighted by Gasteiger charge is 2.28. The lowest BCUT2D eigenvalue weighted by atomic mass is 10.2. The molecule has 1 fully saturated rings. The van der Waals surface area contributed by atoms with E-state index in [0.29, 0.717) is 23.8 Å². The van der Waals surface area contributed by atoms with Crippen LogP contribution in [0.1, 0.15) is 30.0 Å². The van der Waals surface area contributed by atoms with Gasteiger partial charge in [0.15, 0.2) is 0 Å². The fraction of sp³-hybridized carbons (Fsp3) is 0.273. The van der Waals surface area contributed by atoms with Crippen LogP contribution in [0.2, 0.25) is 0 Å². The van der Waals surface area contributed by atoms with Gasteiger partial charge in [-0.15, -0.1) is 0 Å². The van der Waals surface area contributed by atoms with Crippen LogP contribution in [0.5, 0.6) is 0 Å². The largest absolute Gasteiger partial charge is 0.309 e. The number of nitrogens with one attached hydrogen (secondary N) is 1. The van der Waals surface area contributed by atoms with E-state index in [4.69, 9.17) is 5.10 Å². The third-order valence-electron chi connectivity index (χ3n) is 4.80. The minimum Gasteiger partial charge on any atom is -0.309 e. The van der Waals surface area contributed by atoms with Crippen molar-refractivity contribution in [2.24, 2.45) is 0 Å². The molecule has 0 saturated heterocycles. The van der Waals surface area contributed by atoms with Crippen LogP contribution in [0.4, 0.5) is 10.2 Å². The molecule has 28 heavy (non-hydrogen) atoms. The number of likely N-dealkylation sites (N-methyl/N-ethyl adjacent to an activating group) is 1. The van der Waals surface area contributed by atoms with E-state index < -0.39 is 0 Å². The molecule has 1 heterocycles. The van der Waals surface area contributed by atoms with Gasteiger partial charge in [0.2, 0.25) is 5.91 Å². The predicted molar refractivity (Wildman–Crippen MR) is 107 cm³/mol. The fourth-order valence-electron chi connectivity index (χ4n) is 3.23. The molecule has 0 aliphatic heterocycles. The van der Waals surface area contributed by atoms with Crippen LogP contribution >= 0.6 is 0 Å². The van der Waals surface area contributed by atoms with Crippen LogP contribution in [0, 0.1) is 5.82 Å². The molecule has 1 aliphatic rings. The van der Waals surface area contributed by atoms with E-state index in [1.165, 1.54) is 6.07 Å². The molecule has 1 saturated carbocycles. The second-order valence-electron chi connectivity index (χ2n) is 7.29. The van der Waals surface area contributed by atoms with E-state index in [9.17, 15) is 9.18 Å². The number of benzene rings is 2. The van der Waals surface area contributed by atoms with Gasteiger partial charge in [0.05, 0.1) is 17.9 Å². The first kappa shape index (κ1) is 18.4. The van der Waals surface area contributed by atoms with Gasteiger partial charge in [0.25, 0.3) is 0 Å². The minimum absolute atomic E-state index is 0.154. The maximum atomic E-state index is 13.8. The van der Waals surface area contributed by atoms with Gasteiger partial charge in [0.1, 0.15) is 11.6 Å². The molecule has 5 nitrogen and oxygen atoms in total. The predicted octanol–water partition coefficient (Wildman–Crippen LogP) is 3.96. The second kappa shape index (κ2) is 7.94. The lowest BCUT2D eigenvalue weighted by molar-refractivity contribution is -0.117. The van der Waals surface area contributed by atoms with Crippen molar-refractivity contribution in [3.05, 3.63) is 77.7 Å². The molecule has 3 aromatic rings. The zero-order valence-corrected chi connectivity index (χ0v) is 15.8. The number of hydrogen-bond acceptors (Lipinski definition) is 3. The van der Waals surface area contributed by atoms with Crippen molar-refractivity contribution in [3.8, 4) is 5.69 Å². The highest BCUT2D eigenvalue weighted by atomic mass is 19.1. The SMILES string of the molecule is CN(CC(=O)Nc1cc(C2CC2)nn1-c1ccccc1)Cc1ccccc1F. The molecule has 0 unspecified atom stereocenters. The third-order valence-corrected chi connectivity index (χ3v) is 4.80. The van der Waals surface area contributed by atoms with Gasteiger partial charge < -0.3 is 5.32 Å². The number of aromatic nitrogens is 2. The Bertz CT molecular complexity index is 966. The summed E-state index contributed by atoms with van der Waals surface area (Å²) in [4.78, 5) is 14.4. The molecule has 6 heteroatoms. The van der Waals surface area contributed by atoms with E-state index >= 15 is 0 Å². The maximum absolute atomic E-state index is 13.8. The summed E-state index contributed by atoms with van der Waals surface area (Å²) in [5.74, 6) is 0.742. The van der Waals surface area contributed by atoms with Crippen molar-refractivity contribution >= 4 is 11.7 Å². The number of carbonyl (C=O) groups is 1. The molecule has 2 aromatic carbocycles.